The molecule has 2 aromatic heterocycles. The third kappa shape index (κ3) is 2.89. The van der Waals surface area contributed by atoms with Crippen molar-refractivity contribution in [2.24, 2.45) is 5.73 Å². The number of ether oxygens (including phenoxy) is 1. The SMILES string of the molecule is COc1ccc(CNC(=O)c2ccnc3c(C(N)=O)cnn23)cc1. The zero-order valence-electron chi connectivity index (χ0n) is 12.9. The number of nitrogens with one attached hydrogen (secondary N) is 1. The topological polar surface area (TPSA) is 112 Å². The highest BCUT2D eigenvalue weighted by Crippen LogP contribution is 2.12. The van der Waals surface area contributed by atoms with Gasteiger partial charge in [-0.15, -0.1) is 0 Å². The fraction of sp³-hybridized carbons (Fsp3) is 0.125. The van der Waals surface area contributed by atoms with Crippen LogP contribution >= 0.6 is 0 Å². The van der Waals surface area contributed by atoms with E-state index in [9.17, 15) is 9.59 Å². The van der Waals surface area contributed by atoms with Crippen molar-refractivity contribution in [2.45, 2.75) is 6.54 Å². The van der Waals surface area contributed by atoms with Crippen LogP contribution in [0.2, 0.25) is 0 Å². The standard InChI is InChI=1S/C16H15N5O3/c1-24-11-4-2-10(3-5-11)8-19-16(23)13-6-7-18-15-12(14(17)22)9-20-21(13)15/h2-7,9H,8H2,1H3,(H2,17,22)(H,19,23). The maximum atomic E-state index is 12.4. The fourth-order valence-corrected chi connectivity index (χ4v) is 2.25. The molecule has 0 fully saturated rings. The average molecular weight is 325 g/mol. The van der Waals surface area contributed by atoms with E-state index in [2.05, 4.69) is 15.4 Å². The molecule has 2 heterocycles. The maximum absolute atomic E-state index is 12.4. The molecule has 1 aromatic carbocycles. The molecule has 0 aliphatic rings. The second-order valence-corrected chi connectivity index (χ2v) is 5.02. The molecule has 8 nitrogen and oxygen atoms in total. The Hall–Kier alpha value is -3.42. The Morgan fingerprint density at radius 2 is 2.00 bits per heavy atom. The third-order valence-electron chi connectivity index (χ3n) is 3.51. The summed E-state index contributed by atoms with van der Waals surface area (Å²) < 4.78 is 6.39. The van der Waals surface area contributed by atoms with Crippen molar-refractivity contribution in [1.82, 2.24) is 19.9 Å². The number of amides is 2. The van der Waals surface area contributed by atoms with Gasteiger partial charge in [0.2, 0.25) is 0 Å². The van der Waals surface area contributed by atoms with Crippen LogP contribution < -0.4 is 15.8 Å². The molecule has 0 saturated heterocycles. The molecule has 122 valence electrons. The van der Waals surface area contributed by atoms with Crippen molar-refractivity contribution in [3.63, 3.8) is 0 Å². The van der Waals surface area contributed by atoms with Crippen LogP contribution in [0.15, 0.2) is 42.7 Å². The molecule has 0 spiro atoms. The molecule has 8 heteroatoms. The van der Waals surface area contributed by atoms with Gasteiger partial charge in [-0.25, -0.2) is 9.50 Å². The summed E-state index contributed by atoms with van der Waals surface area (Å²) in [6, 6.07) is 8.88. The zero-order chi connectivity index (χ0) is 17.1. The molecule has 0 bridgehead atoms. The molecule has 3 rings (SSSR count). The van der Waals surface area contributed by atoms with E-state index in [4.69, 9.17) is 10.5 Å². The van der Waals surface area contributed by atoms with Gasteiger partial charge in [0.15, 0.2) is 5.65 Å². The van der Waals surface area contributed by atoms with Gasteiger partial charge in [-0.2, -0.15) is 5.10 Å². The number of rotatable bonds is 5. The van der Waals surface area contributed by atoms with Crippen LogP contribution in [0.25, 0.3) is 5.65 Å². The van der Waals surface area contributed by atoms with Gasteiger partial charge in [-0.1, -0.05) is 12.1 Å². The number of aromatic nitrogens is 3. The second kappa shape index (κ2) is 6.37. The van der Waals surface area contributed by atoms with Crippen molar-refractivity contribution >= 4 is 17.5 Å². The summed E-state index contributed by atoms with van der Waals surface area (Å²) in [6.45, 7) is 0.344. The lowest BCUT2D eigenvalue weighted by Crippen LogP contribution is -2.25. The van der Waals surface area contributed by atoms with Crippen molar-refractivity contribution in [1.29, 1.82) is 0 Å². The Morgan fingerprint density at radius 3 is 2.67 bits per heavy atom. The number of carbonyl (C=O) groups excluding carboxylic acids is 2. The summed E-state index contributed by atoms with van der Waals surface area (Å²) in [5.41, 5.74) is 6.87. The first-order valence-corrected chi connectivity index (χ1v) is 7.14. The monoisotopic (exact) mass is 325 g/mol. The first-order valence-electron chi connectivity index (χ1n) is 7.14. The third-order valence-corrected chi connectivity index (χ3v) is 3.51. The molecule has 0 aliphatic heterocycles. The van der Waals surface area contributed by atoms with E-state index < -0.39 is 5.91 Å². The highest BCUT2D eigenvalue weighted by atomic mass is 16.5. The normalized spacial score (nSPS) is 10.5. The van der Waals surface area contributed by atoms with Crippen LogP contribution in [-0.2, 0) is 6.54 Å². The summed E-state index contributed by atoms with van der Waals surface area (Å²) >= 11 is 0. The Bertz CT molecular complexity index is 902. The fourth-order valence-electron chi connectivity index (χ4n) is 2.25. The van der Waals surface area contributed by atoms with E-state index in [1.165, 1.54) is 23.0 Å². The molecule has 0 radical (unpaired) electrons. The van der Waals surface area contributed by atoms with E-state index in [-0.39, 0.29) is 22.8 Å². The van der Waals surface area contributed by atoms with Gasteiger partial charge in [0.1, 0.15) is 17.0 Å². The lowest BCUT2D eigenvalue weighted by atomic mass is 10.2. The number of nitrogens with zero attached hydrogens (tertiary/aromatic N) is 3. The molecule has 2 amide bonds. The first kappa shape index (κ1) is 15.5. The molecular weight excluding hydrogens is 310 g/mol. The van der Waals surface area contributed by atoms with Crippen molar-refractivity contribution < 1.29 is 14.3 Å². The Kier molecular flexibility index (Phi) is 4.11. The lowest BCUT2D eigenvalue weighted by molar-refractivity contribution is 0.0941. The summed E-state index contributed by atoms with van der Waals surface area (Å²) in [5.74, 6) is -0.234. The summed E-state index contributed by atoms with van der Waals surface area (Å²) in [6.07, 6.45) is 2.73. The predicted octanol–water partition coefficient (Wildman–Crippen LogP) is 0.767. The van der Waals surface area contributed by atoms with Crippen LogP contribution in [0, 0.1) is 0 Å². The van der Waals surface area contributed by atoms with Crippen LogP contribution in [0.3, 0.4) is 0 Å². The van der Waals surface area contributed by atoms with Gasteiger partial charge in [0.05, 0.1) is 13.3 Å². The number of fused-ring (bicyclic) bond motifs is 1. The van der Waals surface area contributed by atoms with E-state index >= 15 is 0 Å². The summed E-state index contributed by atoms with van der Waals surface area (Å²) in [5, 5.41) is 6.81. The number of nitrogens with two attached hydrogens (primary N) is 1. The van der Waals surface area contributed by atoms with E-state index in [0.717, 1.165) is 11.3 Å². The Balaban J connectivity index is 1.79. The van der Waals surface area contributed by atoms with Gasteiger partial charge in [-0.3, -0.25) is 9.59 Å². The Labute approximate surface area is 137 Å². The maximum Gasteiger partial charge on any atom is 0.270 e. The van der Waals surface area contributed by atoms with Crippen molar-refractivity contribution in [3.05, 3.63) is 59.5 Å². The highest BCUT2D eigenvalue weighted by molar-refractivity contribution is 5.99. The van der Waals surface area contributed by atoms with E-state index in [1.807, 2.05) is 24.3 Å². The minimum atomic E-state index is -0.645. The minimum absolute atomic E-state index is 0.166. The molecule has 24 heavy (non-hydrogen) atoms. The number of carbonyl (C=O) groups is 2. The van der Waals surface area contributed by atoms with E-state index in [0.29, 0.717) is 6.54 Å². The van der Waals surface area contributed by atoms with Gasteiger partial charge in [0.25, 0.3) is 11.8 Å². The number of benzene rings is 1. The molecule has 0 unspecified atom stereocenters. The molecule has 0 saturated carbocycles. The molecule has 3 aromatic rings. The van der Waals surface area contributed by atoms with Gasteiger partial charge < -0.3 is 15.8 Å². The minimum Gasteiger partial charge on any atom is -0.497 e. The lowest BCUT2D eigenvalue weighted by Gasteiger charge is -2.07. The van der Waals surface area contributed by atoms with Gasteiger partial charge in [-0.05, 0) is 23.8 Å². The summed E-state index contributed by atoms with van der Waals surface area (Å²) in [4.78, 5) is 27.8. The van der Waals surface area contributed by atoms with Crippen LogP contribution in [0.4, 0.5) is 0 Å². The highest BCUT2D eigenvalue weighted by Gasteiger charge is 2.16. The second-order valence-electron chi connectivity index (χ2n) is 5.02. The van der Waals surface area contributed by atoms with Gasteiger partial charge >= 0.3 is 0 Å². The van der Waals surface area contributed by atoms with E-state index in [1.54, 1.807) is 7.11 Å². The average Bonchev–Trinajstić information content (AvgIpc) is 3.04. The van der Waals surface area contributed by atoms with Crippen molar-refractivity contribution in [2.75, 3.05) is 7.11 Å². The number of methoxy groups -OCH3 is 1. The first-order chi connectivity index (χ1) is 11.6. The number of primary amides is 1. The Morgan fingerprint density at radius 1 is 1.25 bits per heavy atom. The van der Waals surface area contributed by atoms with Crippen LogP contribution in [-0.4, -0.2) is 33.5 Å². The number of hydrogen-bond acceptors (Lipinski definition) is 5. The predicted molar refractivity (Wildman–Crippen MR) is 85.7 cm³/mol. The van der Waals surface area contributed by atoms with Crippen LogP contribution in [0.1, 0.15) is 26.4 Å². The quantitative estimate of drug-likeness (QED) is 0.719. The smallest absolute Gasteiger partial charge is 0.270 e. The molecular formula is C16H15N5O3. The van der Waals surface area contributed by atoms with Crippen LogP contribution in [0.5, 0.6) is 5.75 Å². The zero-order valence-corrected chi connectivity index (χ0v) is 12.9. The number of hydrogen-bond donors (Lipinski definition) is 2. The summed E-state index contributed by atoms with van der Waals surface area (Å²) in [7, 11) is 1.59. The van der Waals surface area contributed by atoms with Gasteiger partial charge in [0, 0.05) is 12.7 Å². The van der Waals surface area contributed by atoms with Crippen molar-refractivity contribution in [3.8, 4) is 5.75 Å². The molecule has 0 aliphatic carbocycles. The molecule has 3 N–H and O–H groups in total. The largest absolute Gasteiger partial charge is 0.497 e. The molecule has 0 atom stereocenters.